The summed E-state index contributed by atoms with van der Waals surface area (Å²) in [6.07, 6.45) is 9.10. The van der Waals surface area contributed by atoms with Crippen molar-refractivity contribution in [3.8, 4) is 11.1 Å². The highest BCUT2D eigenvalue weighted by molar-refractivity contribution is 5.95. The van der Waals surface area contributed by atoms with E-state index in [1.165, 1.54) is 29.0 Å². The molecule has 1 aromatic heterocycles. The van der Waals surface area contributed by atoms with Crippen LogP contribution in [-0.2, 0) is 33.6 Å². The maximum absolute atomic E-state index is 14.5. The fourth-order valence-corrected chi connectivity index (χ4v) is 5.96. The topological polar surface area (TPSA) is 109 Å². The molecule has 0 aliphatic rings. The molecule has 3 amide bonds. The molecule has 0 unspecified atom stereocenters. The minimum atomic E-state index is -1.09. The SMILES string of the molecule is CCC(N)(CC)C/C=C/C(=O)N(C)[C@H](Cc1ccc(-c2ccccc2)cc1)C(=O)N(C)[C@H](Cc1ccc(F)c(F)c1)C(=O)NCCc1ccncc1. The van der Waals surface area contributed by atoms with Crippen molar-refractivity contribution in [2.24, 2.45) is 5.73 Å². The van der Waals surface area contributed by atoms with E-state index in [2.05, 4.69) is 10.3 Å². The van der Waals surface area contributed by atoms with Gasteiger partial charge in [-0.25, -0.2) is 8.78 Å². The standard InChI is InChI=1S/C42H49F2N5O3/c1-5-42(45,6-2)23-10-13-39(50)48(3)38(28-31-14-17-34(18-15-31)33-11-8-7-9-12-33)41(52)49(4)37(29-32-16-19-35(43)36(44)27-32)40(51)47-26-22-30-20-24-46-25-21-30/h7-21,24-25,27,37-38H,5-6,22-23,26,28-29,45H2,1-4H3,(H,47,51)/b13-10+/t37-,38-/m1/s1. The summed E-state index contributed by atoms with van der Waals surface area (Å²) in [4.78, 5) is 48.6. The molecule has 4 rings (SSSR count). The van der Waals surface area contributed by atoms with Crippen LogP contribution in [0.2, 0.25) is 0 Å². The molecule has 0 aliphatic carbocycles. The fraction of sp³-hybridized carbons (Fsp3) is 0.333. The Balaban J connectivity index is 1.63. The zero-order valence-electron chi connectivity index (χ0n) is 30.4. The number of hydrogen-bond donors (Lipinski definition) is 2. The number of hydrogen-bond acceptors (Lipinski definition) is 5. The Labute approximate surface area is 305 Å². The van der Waals surface area contributed by atoms with Crippen LogP contribution in [0, 0.1) is 11.6 Å². The van der Waals surface area contributed by atoms with Gasteiger partial charge in [-0.15, -0.1) is 0 Å². The summed E-state index contributed by atoms with van der Waals surface area (Å²) in [5.74, 6) is -3.40. The molecule has 52 heavy (non-hydrogen) atoms. The molecule has 274 valence electrons. The van der Waals surface area contributed by atoms with Gasteiger partial charge in [0, 0.05) is 51.4 Å². The van der Waals surface area contributed by atoms with Crippen molar-refractivity contribution in [1.29, 1.82) is 0 Å². The van der Waals surface area contributed by atoms with Gasteiger partial charge >= 0.3 is 0 Å². The van der Waals surface area contributed by atoms with Gasteiger partial charge in [-0.3, -0.25) is 19.4 Å². The molecule has 0 spiro atoms. The number of amides is 3. The Kier molecular flexibility index (Phi) is 14.3. The Morgan fingerprint density at radius 1 is 0.788 bits per heavy atom. The van der Waals surface area contributed by atoms with E-state index >= 15 is 0 Å². The van der Waals surface area contributed by atoms with Crippen LogP contribution in [0.3, 0.4) is 0 Å². The summed E-state index contributed by atoms with van der Waals surface area (Å²) in [7, 11) is 3.07. The molecule has 0 radical (unpaired) electrons. The van der Waals surface area contributed by atoms with Crippen molar-refractivity contribution in [3.05, 3.63) is 138 Å². The van der Waals surface area contributed by atoms with E-state index in [0.29, 0.717) is 18.4 Å². The van der Waals surface area contributed by atoms with Gasteiger partial charge in [0.25, 0.3) is 0 Å². The third kappa shape index (κ3) is 10.9. The molecule has 1 heterocycles. The second-order valence-electron chi connectivity index (χ2n) is 13.2. The fourth-order valence-electron chi connectivity index (χ4n) is 5.96. The van der Waals surface area contributed by atoms with Crippen LogP contribution in [0.5, 0.6) is 0 Å². The summed E-state index contributed by atoms with van der Waals surface area (Å²) in [5.41, 5.74) is 10.2. The van der Waals surface area contributed by atoms with Crippen molar-refractivity contribution >= 4 is 17.7 Å². The Morgan fingerprint density at radius 3 is 2.04 bits per heavy atom. The number of likely N-dealkylation sites (N-methyl/N-ethyl adjacent to an activating group) is 2. The highest BCUT2D eigenvalue weighted by Gasteiger charge is 2.35. The number of rotatable bonds is 17. The van der Waals surface area contributed by atoms with E-state index in [-0.39, 0.29) is 25.3 Å². The van der Waals surface area contributed by atoms with Gasteiger partial charge in [-0.2, -0.15) is 0 Å². The van der Waals surface area contributed by atoms with Crippen LogP contribution < -0.4 is 11.1 Å². The van der Waals surface area contributed by atoms with Crippen LogP contribution >= 0.6 is 0 Å². The zero-order chi connectivity index (χ0) is 37.7. The molecule has 0 bridgehead atoms. The Morgan fingerprint density at radius 2 is 1.40 bits per heavy atom. The first-order valence-electron chi connectivity index (χ1n) is 17.7. The molecule has 4 aromatic rings. The quantitative estimate of drug-likeness (QED) is 0.125. The van der Waals surface area contributed by atoms with E-state index in [9.17, 15) is 23.2 Å². The van der Waals surface area contributed by atoms with E-state index < -0.39 is 41.1 Å². The molecule has 0 saturated carbocycles. The van der Waals surface area contributed by atoms with E-state index in [0.717, 1.165) is 47.2 Å². The second-order valence-corrected chi connectivity index (χ2v) is 13.2. The number of halogens is 2. The van der Waals surface area contributed by atoms with E-state index in [1.54, 1.807) is 25.5 Å². The van der Waals surface area contributed by atoms with Gasteiger partial charge < -0.3 is 20.9 Å². The largest absolute Gasteiger partial charge is 0.354 e. The first-order chi connectivity index (χ1) is 24.9. The first kappa shape index (κ1) is 39.6. The number of nitrogens with zero attached hydrogens (tertiary/aromatic N) is 3. The molecule has 2 atom stereocenters. The number of benzene rings is 3. The Hall–Kier alpha value is -5.22. The molecule has 3 aromatic carbocycles. The molecule has 0 saturated heterocycles. The molecule has 3 N–H and O–H groups in total. The molecule has 10 heteroatoms. The first-order valence-corrected chi connectivity index (χ1v) is 17.7. The van der Waals surface area contributed by atoms with E-state index in [4.69, 9.17) is 5.73 Å². The van der Waals surface area contributed by atoms with Crippen LogP contribution in [0.1, 0.15) is 49.8 Å². The normalized spacial score (nSPS) is 12.7. The van der Waals surface area contributed by atoms with Crippen molar-refractivity contribution in [2.75, 3.05) is 20.6 Å². The summed E-state index contributed by atoms with van der Waals surface area (Å²) < 4.78 is 28.1. The zero-order valence-corrected chi connectivity index (χ0v) is 30.4. The van der Waals surface area contributed by atoms with Gasteiger partial charge in [0.1, 0.15) is 12.1 Å². The predicted molar refractivity (Wildman–Crippen MR) is 201 cm³/mol. The lowest BCUT2D eigenvalue weighted by Crippen LogP contribution is -2.56. The minimum Gasteiger partial charge on any atom is -0.354 e. The van der Waals surface area contributed by atoms with Crippen LogP contribution in [-0.4, -0.2) is 70.8 Å². The number of carbonyl (C=O) groups excluding carboxylic acids is 3. The van der Waals surface area contributed by atoms with E-state index in [1.807, 2.05) is 80.6 Å². The highest BCUT2D eigenvalue weighted by Crippen LogP contribution is 2.22. The molecular weight excluding hydrogens is 660 g/mol. The number of carbonyl (C=O) groups is 3. The third-order valence-electron chi connectivity index (χ3n) is 9.78. The number of nitrogens with two attached hydrogens (primary N) is 1. The summed E-state index contributed by atoms with van der Waals surface area (Å²) in [6, 6.07) is 22.7. The van der Waals surface area contributed by atoms with Crippen molar-refractivity contribution < 1.29 is 23.2 Å². The summed E-state index contributed by atoms with van der Waals surface area (Å²) >= 11 is 0. The summed E-state index contributed by atoms with van der Waals surface area (Å²) in [6.45, 7) is 4.29. The van der Waals surface area contributed by atoms with Gasteiger partial charge in [0.05, 0.1) is 0 Å². The van der Waals surface area contributed by atoms with Crippen molar-refractivity contribution in [2.45, 2.75) is 70.0 Å². The van der Waals surface area contributed by atoms with Gasteiger partial charge in [-0.1, -0.05) is 80.6 Å². The van der Waals surface area contributed by atoms with Gasteiger partial charge in [0.15, 0.2) is 11.6 Å². The lowest BCUT2D eigenvalue weighted by molar-refractivity contribution is -0.146. The van der Waals surface area contributed by atoms with Gasteiger partial charge in [0.2, 0.25) is 17.7 Å². The maximum atomic E-state index is 14.5. The average molecular weight is 710 g/mol. The summed E-state index contributed by atoms with van der Waals surface area (Å²) in [5, 5.41) is 2.90. The second kappa shape index (κ2) is 18.9. The van der Waals surface area contributed by atoms with Gasteiger partial charge in [-0.05, 0) is 83.8 Å². The monoisotopic (exact) mass is 709 g/mol. The Bertz CT molecular complexity index is 1800. The lowest BCUT2D eigenvalue weighted by atomic mass is 9.90. The maximum Gasteiger partial charge on any atom is 0.246 e. The predicted octanol–water partition coefficient (Wildman–Crippen LogP) is 6.29. The lowest BCUT2D eigenvalue weighted by Gasteiger charge is -2.34. The number of aromatic nitrogens is 1. The third-order valence-corrected chi connectivity index (χ3v) is 9.78. The van der Waals surface area contributed by atoms with Crippen LogP contribution in [0.15, 0.2) is 109 Å². The number of pyridine rings is 1. The molecule has 0 fully saturated rings. The molecular formula is C42H49F2N5O3. The van der Waals surface area contributed by atoms with Crippen molar-refractivity contribution in [1.82, 2.24) is 20.1 Å². The average Bonchev–Trinajstić information content (AvgIpc) is 3.17. The van der Waals surface area contributed by atoms with Crippen LogP contribution in [0.25, 0.3) is 11.1 Å². The van der Waals surface area contributed by atoms with Crippen LogP contribution in [0.4, 0.5) is 8.78 Å². The van der Waals surface area contributed by atoms with Crippen molar-refractivity contribution in [3.63, 3.8) is 0 Å². The number of nitrogens with one attached hydrogen (secondary N) is 1. The highest BCUT2D eigenvalue weighted by atomic mass is 19.2. The molecule has 0 aliphatic heterocycles. The smallest absolute Gasteiger partial charge is 0.246 e. The molecule has 8 nitrogen and oxygen atoms in total. The minimum absolute atomic E-state index is 0.0802.